The van der Waals surface area contributed by atoms with Gasteiger partial charge in [-0.25, -0.2) is 0 Å². The van der Waals surface area contributed by atoms with Crippen molar-refractivity contribution in [3.8, 4) is 0 Å². The zero-order valence-corrected chi connectivity index (χ0v) is 13.8. The van der Waals surface area contributed by atoms with Crippen molar-refractivity contribution in [2.45, 2.75) is 39.5 Å². The minimum Gasteiger partial charge on any atom is -0.358 e. The number of nitro benzene ring substituents is 1. The topological polar surface area (TPSA) is 81.8 Å². The third kappa shape index (κ3) is 6.83. The molecule has 0 spiro atoms. The molecule has 0 radical (unpaired) electrons. The van der Waals surface area contributed by atoms with Gasteiger partial charge in [0.15, 0.2) is 5.34 Å². The molecule has 22 heavy (non-hydrogen) atoms. The third-order valence-corrected chi connectivity index (χ3v) is 2.74. The number of hydrogen-bond donors (Lipinski definition) is 0. The van der Waals surface area contributed by atoms with Crippen molar-refractivity contribution in [2.24, 2.45) is 5.34 Å². The van der Waals surface area contributed by atoms with Crippen LogP contribution in [0.25, 0.3) is 0 Å². The number of hydrogen-bond acceptors (Lipinski definition) is 5. The van der Waals surface area contributed by atoms with Gasteiger partial charge in [0, 0.05) is 6.07 Å². The summed E-state index contributed by atoms with van der Waals surface area (Å²) < 4.78 is 37.2. The van der Waals surface area contributed by atoms with E-state index in [-0.39, 0.29) is 10.0 Å². The Kier molecular flexibility index (Phi) is 6.94. The monoisotopic (exact) mass is 386 g/mol. The van der Waals surface area contributed by atoms with Gasteiger partial charge in [-0.1, -0.05) is 0 Å². The molecule has 0 amide bonds. The van der Waals surface area contributed by atoms with Gasteiger partial charge in [0.05, 0.1) is 15.0 Å². The van der Waals surface area contributed by atoms with Crippen molar-refractivity contribution >= 4 is 21.6 Å². The van der Waals surface area contributed by atoms with Crippen LogP contribution in [0, 0.1) is 21.9 Å². The number of nitro groups is 1. The Bertz CT molecular complexity index is 557. The molecule has 1 aromatic carbocycles. The van der Waals surface area contributed by atoms with Gasteiger partial charge < -0.3 is 4.84 Å². The molecule has 0 aliphatic carbocycles. The molecule has 10 heteroatoms. The average Bonchev–Trinajstić information content (AvgIpc) is 2.25. The maximum Gasteiger partial charge on any atom is 0.416 e. The summed E-state index contributed by atoms with van der Waals surface area (Å²) in [5, 5.41) is 12.7. The lowest BCUT2D eigenvalue weighted by atomic mass is 10.1. The maximum atomic E-state index is 12.4. The summed E-state index contributed by atoms with van der Waals surface area (Å²) in [5.74, 6) is 0. The Balaban J connectivity index is 0.000000534. The van der Waals surface area contributed by atoms with Crippen LogP contribution in [-0.2, 0) is 11.0 Å². The van der Waals surface area contributed by atoms with Gasteiger partial charge >= 0.3 is 6.18 Å². The van der Waals surface area contributed by atoms with Gasteiger partial charge in [-0.15, -0.1) is 4.91 Å². The van der Waals surface area contributed by atoms with Crippen LogP contribution in [0.1, 0.15) is 31.9 Å². The van der Waals surface area contributed by atoms with E-state index < -0.39 is 28.0 Å². The van der Waals surface area contributed by atoms with E-state index in [2.05, 4.69) is 26.1 Å². The SMILES string of the molecule is CC(C)(C)ON=O.Cc1cc(Br)c([N+](=O)[O-])cc1C(F)(F)F. The Labute approximate surface area is 132 Å². The summed E-state index contributed by atoms with van der Waals surface area (Å²) in [7, 11) is 0. The first-order valence-corrected chi connectivity index (χ1v) is 6.61. The zero-order valence-electron chi connectivity index (χ0n) is 12.2. The fourth-order valence-corrected chi connectivity index (χ4v) is 1.82. The molecule has 0 aliphatic heterocycles. The molecule has 0 heterocycles. The van der Waals surface area contributed by atoms with Crippen molar-refractivity contribution in [3.63, 3.8) is 0 Å². The van der Waals surface area contributed by atoms with E-state index in [1.165, 1.54) is 6.92 Å². The van der Waals surface area contributed by atoms with Crippen molar-refractivity contribution in [3.05, 3.63) is 42.8 Å². The average molecular weight is 387 g/mol. The number of aryl methyl sites for hydroxylation is 1. The lowest BCUT2D eigenvalue weighted by molar-refractivity contribution is -0.385. The highest BCUT2D eigenvalue weighted by Crippen LogP contribution is 2.37. The lowest BCUT2D eigenvalue weighted by Gasteiger charge is -2.11. The van der Waals surface area contributed by atoms with Crippen molar-refractivity contribution in [1.29, 1.82) is 0 Å². The molecular weight excluding hydrogens is 373 g/mol. The van der Waals surface area contributed by atoms with Crippen LogP contribution in [-0.4, -0.2) is 10.5 Å². The van der Waals surface area contributed by atoms with E-state index >= 15 is 0 Å². The van der Waals surface area contributed by atoms with Gasteiger partial charge in [-0.3, -0.25) is 10.1 Å². The molecule has 0 fully saturated rings. The molecule has 0 bridgehead atoms. The first-order chi connectivity index (χ1) is 9.79. The van der Waals surface area contributed by atoms with E-state index in [1.807, 2.05) is 0 Å². The van der Waals surface area contributed by atoms with E-state index in [4.69, 9.17) is 0 Å². The molecule has 0 atom stereocenters. The van der Waals surface area contributed by atoms with Gasteiger partial charge in [-0.2, -0.15) is 13.2 Å². The summed E-state index contributed by atoms with van der Waals surface area (Å²) in [5.41, 5.74) is -2.06. The minimum absolute atomic E-state index is 0.0398. The highest BCUT2D eigenvalue weighted by atomic mass is 79.9. The molecule has 0 aromatic heterocycles. The largest absolute Gasteiger partial charge is 0.416 e. The fraction of sp³-hybridized carbons (Fsp3) is 0.500. The molecule has 0 saturated carbocycles. The summed E-state index contributed by atoms with van der Waals surface area (Å²) in [6.45, 7) is 6.52. The first-order valence-electron chi connectivity index (χ1n) is 5.82. The summed E-state index contributed by atoms with van der Waals surface area (Å²) in [6, 6.07) is 1.61. The molecular formula is C12H14BrF3N2O4. The molecule has 0 aliphatic rings. The maximum absolute atomic E-state index is 12.4. The predicted octanol–water partition coefficient (Wildman–Crippen LogP) is 5.17. The number of halogens is 4. The molecule has 0 unspecified atom stereocenters. The van der Waals surface area contributed by atoms with Crippen molar-refractivity contribution in [1.82, 2.24) is 0 Å². The summed E-state index contributed by atoms with van der Waals surface area (Å²) in [6.07, 6.45) is -4.57. The molecule has 0 saturated heterocycles. The van der Waals surface area contributed by atoms with Crippen molar-refractivity contribution < 1.29 is 22.9 Å². The number of alkyl halides is 3. The number of benzene rings is 1. The number of nitrogens with zero attached hydrogens (tertiary/aromatic N) is 2. The summed E-state index contributed by atoms with van der Waals surface area (Å²) >= 11 is 2.84. The highest BCUT2D eigenvalue weighted by Gasteiger charge is 2.34. The molecule has 124 valence electrons. The quantitative estimate of drug-likeness (QED) is 0.398. The van der Waals surface area contributed by atoms with Crippen LogP contribution >= 0.6 is 15.9 Å². The van der Waals surface area contributed by atoms with E-state index in [9.17, 15) is 28.2 Å². The zero-order chi connectivity index (χ0) is 17.7. The molecule has 6 nitrogen and oxygen atoms in total. The Morgan fingerprint density at radius 1 is 1.27 bits per heavy atom. The van der Waals surface area contributed by atoms with Crippen LogP contribution in [0.2, 0.25) is 0 Å². The summed E-state index contributed by atoms with van der Waals surface area (Å²) in [4.78, 5) is 23.2. The highest BCUT2D eigenvalue weighted by molar-refractivity contribution is 9.10. The molecule has 1 rings (SSSR count). The smallest absolute Gasteiger partial charge is 0.358 e. The fourth-order valence-electron chi connectivity index (χ4n) is 1.22. The second-order valence-electron chi connectivity index (χ2n) is 5.15. The van der Waals surface area contributed by atoms with Crippen LogP contribution in [0.3, 0.4) is 0 Å². The second-order valence-corrected chi connectivity index (χ2v) is 6.01. The van der Waals surface area contributed by atoms with Gasteiger partial charge in [0.1, 0.15) is 5.60 Å². The van der Waals surface area contributed by atoms with E-state index in [0.29, 0.717) is 6.07 Å². The van der Waals surface area contributed by atoms with E-state index in [0.717, 1.165) is 6.07 Å². The molecule has 0 N–H and O–H groups in total. The van der Waals surface area contributed by atoms with Crippen LogP contribution in [0.15, 0.2) is 21.9 Å². The van der Waals surface area contributed by atoms with Gasteiger partial charge in [0.2, 0.25) is 0 Å². The van der Waals surface area contributed by atoms with E-state index in [1.54, 1.807) is 20.8 Å². The van der Waals surface area contributed by atoms with Crippen LogP contribution in [0.5, 0.6) is 0 Å². The first kappa shape index (κ1) is 20.3. The third-order valence-electron chi connectivity index (χ3n) is 2.11. The lowest BCUT2D eigenvalue weighted by Crippen LogP contribution is -2.14. The van der Waals surface area contributed by atoms with Gasteiger partial charge in [0.25, 0.3) is 5.69 Å². The molecule has 1 aromatic rings. The normalized spacial score (nSPS) is 11.3. The Morgan fingerprint density at radius 3 is 2.05 bits per heavy atom. The van der Waals surface area contributed by atoms with Crippen molar-refractivity contribution in [2.75, 3.05) is 0 Å². The Hall–Kier alpha value is -1.71. The second kappa shape index (κ2) is 7.52. The van der Waals surface area contributed by atoms with Crippen LogP contribution < -0.4 is 0 Å². The Morgan fingerprint density at radius 2 is 1.77 bits per heavy atom. The predicted molar refractivity (Wildman–Crippen MR) is 77.2 cm³/mol. The van der Waals surface area contributed by atoms with Gasteiger partial charge in [-0.05, 0) is 55.3 Å². The van der Waals surface area contributed by atoms with Crippen LogP contribution in [0.4, 0.5) is 18.9 Å². The number of rotatable bonds is 2. The minimum atomic E-state index is -4.57. The standard InChI is InChI=1S/C8H5BrF3NO2.C4H9NO2/c1-4-2-6(9)7(13(14)15)3-5(4)8(10,11)12;1-4(2,3)7-5-6/h2-3H,1H3;1-3H3.